The van der Waals surface area contributed by atoms with E-state index in [9.17, 15) is 14.4 Å². The van der Waals surface area contributed by atoms with Crippen LogP contribution in [0.15, 0.2) is 24.3 Å². The van der Waals surface area contributed by atoms with Gasteiger partial charge >= 0.3 is 17.9 Å². The van der Waals surface area contributed by atoms with Crippen LogP contribution in [0.1, 0.15) is 380 Å². The molecule has 1 unspecified atom stereocenters. The van der Waals surface area contributed by atoms with Crippen LogP contribution in [0.2, 0.25) is 0 Å². The zero-order valence-electron chi connectivity index (χ0n) is 50.8. The van der Waals surface area contributed by atoms with Crippen molar-refractivity contribution in [1.82, 2.24) is 0 Å². The number of carbonyl (C=O) groups excluding carboxylic acids is 3. The van der Waals surface area contributed by atoms with Crippen molar-refractivity contribution in [3.63, 3.8) is 0 Å². The van der Waals surface area contributed by atoms with Crippen LogP contribution in [0.3, 0.4) is 0 Å². The van der Waals surface area contributed by atoms with Crippen molar-refractivity contribution >= 4 is 17.9 Å². The maximum absolute atomic E-state index is 12.9. The first-order valence-corrected chi connectivity index (χ1v) is 33.8. The molecule has 0 fully saturated rings. The van der Waals surface area contributed by atoms with E-state index >= 15 is 0 Å². The first-order chi connectivity index (χ1) is 37.0. The molecule has 0 aliphatic carbocycles. The van der Waals surface area contributed by atoms with Crippen molar-refractivity contribution in [3.8, 4) is 0 Å². The van der Waals surface area contributed by atoms with Gasteiger partial charge in [-0.2, -0.15) is 0 Å². The van der Waals surface area contributed by atoms with Crippen molar-refractivity contribution in [2.45, 2.75) is 386 Å². The molecule has 75 heavy (non-hydrogen) atoms. The fourth-order valence-corrected chi connectivity index (χ4v) is 10.4. The van der Waals surface area contributed by atoms with Gasteiger partial charge in [-0.25, -0.2) is 0 Å². The molecule has 0 saturated carbocycles. The minimum atomic E-state index is -0.766. The van der Waals surface area contributed by atoms with Gasteiger partial charge in [-0.05, 0) is 51.4 Å². The fourth-order valence-electron chi connectivity index (χ4n) is 10.4. The Morgan fingerprint density at radius 1 is 0.267 bits per heavy atom. The van der Waals surface area contributed by atoms with E-state index < -0.39 is 6.10 Å². The van der Waals surface area contributed by atoms with Gasteiger partial charge in [-0.1, -0.05) is 334 Å². The summed E-state index contributed by atoms with van der Waals surface area (Å²) in [6, 6.07) is 0. The largest absolute Gasteiger partial charge is 0.462 e. The summed E-state index contributed by atoms with van der Waals surface area (Å²) in [7, 11) is 0. The lowest BCUT2D eigenvalue weighted by Gasteiger charge is -2.18. The summed E-state index contributed by atoms with van der Waals surface area (Å²) in [5, 5.41) is 0. The van der Waals surface area contributed by atoms with Crippen molar-refractivity contribution < 1.29 is 28.6 Å². The molecule has 1 atom stereocenters. The van der Waals surface area contributed by atoms with Crippen LogP contribution in [0.5, 0.6) is 0 Å². The van der Waals surface area contributed by atoms with Crippen LogP contribution in [0.4, 0.5) is 0 Å². The predicted octanol–water partition coefficient (Wildman–Crippen LogP) is 23.0. The molecule has 0 saturated heterocycles. The maximum atomic E-state index is 12.9. The van der Waals surface area contributed by atoms with Gasteiger partial charge in [0.05, 0.1) is 0 Å². The molecule has 0 aromatic rings. The van der Waals surface area contributed by atoms with Gasteiger partial charge in [-0.15, -0.1) is 0 Å². The summed E-state index contributed by atoms with van der Waals surface area (Å²) >= 11 is 0. The number of hydrogen-bond acceptors (Lipinski definition) is 6. The highest BCUT2D eigenvalue weighted by molar-refractivity contribution is 5.71. The van der Waals surface area contributed by atoms with Crippen LogP contribution >= 0.6 is 0 Å². The zero-order chi connectivity index (χ0) is 54.3. The van der Waals surface area contributed by atoms with Crippen LogP contribution < -0.4 is 0 Å². The number of rotatable bonds is 63. The summed E-state index contributed by atoms with van der Waals surface area (Å²) in [5.41, 5.74) is 0. The third kappa shape index (κ3) is 62.6. The molecule has 6 heteroatoms. The molecule has 0 aliphatic rings. The Hall–Kier alpha value is -2.11. The van der Waals surface area contributed by atoms with Crippen molar-refractivity contribution in [2.24, 2.45) is 0 Å². The Morgan fingerprint density at radius 2 is 0.480 bits per heavy atom. The topological polar surface area (TPSA) is 78.9 Å². The van der Waals surface area contributed by atoms with Gasteiger partial charge in [0, 0.05) is 19.3 Å². The average Bonchev–Trinajstić information content (AvgIpc) is 3.41. The number of esters is 3. The number of hydrogen-bond donors (Lipinski definition) is 0. The Morgan fingerprint density at radius 3 is 0.733 bits per heavy atom. The van der Waals surface area contributed by atoms with E-state index in [0.29, 0.717) is 19.3 Å². The van der Waals surface area contributed by atoms with Gasteiger partial charge in [0.2, 0.25) is 0 Å². The number of carbonyl (C=O) groups is 3. The minimum absolute atomic E-state index is 0.0659. The van der Waals surface area contributed by atoms with E-state index in [1.54, 1.807) is 0 Å². The number of ether oxygens (including phenoxy) is 3. The summed E-state index contributed by atoms with van der Waals surface area (Å²) in [6.07, 6.45) is 78.1. The molecule has 0 bridgehead atoms. The van der Waals surface area contributed by atoms with Crippen molar-refractivity contribution in [1.29, 1.82) is 0 Å². The molecular weight excluding hydrogens is 925 g/mol. The molecule has 0 spiro atoms. The lowest BCUT2D eigenvalue weighted by atomic mass is 10.0. The van der Waals surface area contributed by atoms with Gasteiger partial charge in [-0.3, -0.25) is 14.4 Å². The molecule has 442 valence electrons. The van der Waals surface area contributed by atoms with Gasteiger partial charge in [0.1, 0.15) is 13.2 Å². The van der Waals surface area contributed by atoms with Crippen LogP contribution in [-0.4, -0.2) is 37.2 Å². The fraction of sp³-hybridized carbons (Fsp3) is 0.899. The van der Waals surface area contributed by atoms with E-state index in [4.69, 9.17) is 14.2 Å². The van der Waals surface area contributed by atoms with E-state index in [-0.39, 0.29) is 31.1 Å². The molecule has 0 aliphatic heterocycles. The Kier molecular flexibility index (Phi) is 62.6. The Balaban J connectivity index is 4.00. The lowest BCUT2D eigenvalue weighted by molar-refractivity contribution is -0.167. The average molecular weight is 1060 g/mol. The second kappa shape index (κ2) is 64.4. The molecule has 0 rings (SSSR count). The predicted molar refractivity (Wildman–Crippen MR) is 326 cm³/mol. The minimum Gasteiger partial charge on any atom is -0.462 e. The van der Waals surface area contributed by atoms with E-state index in [0.717, 1.165) is 64.2 Å². The highest BCUT2D eigenvalue weighted by atomic mass is 16.6. The smallest absolute Gasteiger partial charge is 0.306 e. The molecule has 0 amide bonds. The molecule has 6 nitrogen and oxygen atoms in total. The summed E-state index contributed by atoms with van der Waals surface area (Å²) < 4.78 is 16.8. The summed E-state index contributed by atoms with van der Waals surface area (Å²) in [5.74, 6) is -0.850. The first-order valence-electron chi connectivity index (χ1n) is 33.8. The SMILES string of the molecule is CCCCCCC/C=C\C/C=C\CCCCCCCCCCCCCCCC(=O)OC(COC(=O)CCCCCCCC)COC(=O)CCCCCCCCCCCCCCCCCCCCCCCCCCCC. The van der Waals surface area contributed by atoms with Crippen LogP contribution in [0.25, 0.3) is 0 Å². The summed E-state index contributed by atoms with van der Waals surface area (Å²) in [6.45, 7) is 6.64. The van der Waals surface area contributed by atoms with Crippen LogP contribution in [-0.2, 0) is 28.6 Å². The second-order valence-electron chi connectivity index (χ2n) is 23.1. The molecule has 0 N–H and O–H groups in total. The van der Waals surface area contributed by atoms with E-state index in [1.165, 1.54) is 276 Å². The second-order valence-corrected chi connectivity index (χ2v) is 23.1. The van der Waals surface area contributed by atoms with Crippen LogP contribution in [0, 0.1) is 0 Å². The third-order valence-electron chi connectivity index (χ3n) is 15.5. The first kappa shape index (κ1) is 72.9. The lowest BCUT2D eigenvalue weighted by Crippen LogP contribution is -2.30. The molecular formula is C69H130O6. The number of unbranched alkanes of at least 4 members (excludes halogenated alkanes) is 48. The van der Waals surface area contributed by atoms with Gasteiger partial charge < -0.3 is 14.2 Å². The van der Waals surface area contributed by atoms with Gasteiger partial charge in [0.25, 0.3) is 0 Å². The Labute approximate surface area is 468 Å². The molecule has 0 aromatic carbocycles. The molecule has 0 heterocycles. The zero-order valence-corrected chi connectivity index (χ0v) is 50.8. The van der Waals surface area contributed by atoms with Gasteiger partial charge in [0.15, 0.2) is 6.10 Å². The third-order valence-corrected chi connectivity index (χ3v) is 15.5. The normalized spacial score (nSPS) is 12.1. The van der Waals surface area contributed by atoms with Crippen molar-refractivity contribution in [3.05, 3.63) is 24.3 Å². The quantitative estimate of drug-likeness (QED) is 0.0261. The van der Waals surface area contributed by atoms with Crippen molar-refractivity contribution in [2.75, 3.05) is 13.2 Å². The Bertz CT molecular complexity index is 1210. The maximum Gasteiger partial charge on any atom is 0.306 e. The van der Waals surface area contributed by atoms with E-state index in [1.807, 2.05) is 0 Å². The molecule has 0 aromatic heterocycles. The number of allylic oxidation sites excluding steroid dienone is 4. The van der Waals surface area contributed by atoms with E-state index in [2.05, 4.69) is 45.1 Å². The molecule has 0 radical (unpaired) electrons. The highest BCUT2D eigenvalue weighted by Gasteiger charge is 2.19. The standard InChI is InChI=1S/C69H130O6/c1-4-7-10-13-16-18-20-22-24-26-28-30-32-34-36-37-39-41-43-45-47-49-51-53-56-59-62-68(71)74-65-66(64-73-67(70)61-58-55-15-12-9-6-3)75-69(72)63-60-57-54-52-50-48-46-44-42-40-38-35-33-31-29-27-25-23-21-19-17-14-11-8-5-2/h21,23,27,29,66H,4-20,22,24-26,28,30-65H2,1-3H3/b23-21-,29-27-. The monoisotopic (exact) mass is 1050 g/mol. The highest BCUT2D eigenvalue weighted by Crippen LogP contribution is 2.18. The summed E-state index contributed by atoms with van der Waals surface area (Å²) in [4.78, 5) is 38.1.